The van der Waals surface area contributed by atoms with Gasteiger partial charge in [-0.05, 0) is 43.1 Å². The molecule has 1 aromatic carbocycles. The number of aliphatic hydroxyl groups is 1. The van der Waals surface area contributed by atoms with E-state index >= 15 is 0 Å². The maximum atomic E-state index is 14.0. The summed E-state index contributed by atoms with van der Waals surface area (Å²) in [6, 6.07) is 7.87. The van der Waals surface area contributed by atoms with E-state index in [4.69, 9.17) is 4.74 Å². The lowest BCUT2D eigenvalue weighted by atomic mass is 9.80. The summed E-state index contributed by atoms with van der Waals surface area (Å²) in [7, 11) is 0. The van der Waals surface area contributed by atoms with E-state index in [2.05, 4.69) is 46.7 Å². The zero-order chi connectivity index (χ0) is 31.9. The average molecular weight is 612 g/mol. The van der Waals surface area contributed by atoms with E-state index in [1.807, 2.05) is 30.3 Å². The summed E-state index contributed by atoms with van der Waals surface area (Å²) in [4.78, 5) is 47.1. The third-order valence-electron chi connectivity index (χ3n) is 8.85. The fourth-order valence-corrected chi connectivity index (χ4v) is 6.18. The standard InChI is InChI=1S/C34H53N5O5/c1-5-26(23(3)4)19-30(40)28(17-24-13-9-7-10-14-24)38-32(41)29(20-27-21-35-22-37-27)39-33(42)31(44-34(43)36-6-2)18-25-15-11-8-12-16-25/h8,11-12,15-16,21-24,26,28-31,40H,5-7,9-10,13-14,17-20H2,1-4H3,(H,35,37)(H,36,43)(H,38,41)(H,39,42)/t26-,28-,29-,30-,31-/m0/s1. The van der Waals surface area contributed by atoms with E-state index in [0.717, 1.165) is 37.7 Å². The van der Waals surface area contributed by atoms with Crippen LogP contribution in [0.2, 0.25) is 0 Å². The molecule has 5 N–H and O–H groups in total. The normalized spacial score (nSPS) is 17.2. The Hall–Kier alpha value is -3.40. The molecule has 1 aromatic heterocycles. The van der Waals surface area contributed by atoms with Crippen molar-refractivity contribution in [2.24, 2.45) is 17.8 Å². The molecular weight excluding hydrogens is 558 g/mol. The first kappa shape index (κ1) is 35.1. The second-order valence-electron chi connectivity index (χ2n) is 12.5. The molecule has 0 saturated heterocycles. The van der Waals surface area contributed by atoms with Crippen molar-refractivity contribution in [3.63, 3.8) is 0 Å². The van der Waals surface area contributed by atoms with Gasteiger partial charge < -0.3 is 30.8 Å². The van der Waals surface area contributed by atoms with Crippen molar-refractivity contribution in [3.05, 3.63) is 54.1 Å². The van der Waals surface area contributed by atoms with Gasteiger partial charge in [0.1, 0.15) is 6.04 Å². The molecule has 0 aliphatic heterocycles. The van der Waals surface area contributed by atoms with E-state index in [1.165, 1.54) is 12.7 Å². The molecule has 5 atom stereocenters. The number of amides is 3. The molecule has 2 aromatic rings. The molecule has 10 heteroatoms. The molecule has 1 heterocycles. The number of hydrogen-bond acceptors (Lipinski definition) is 6. The van der Waals surface area contributed by atoms with Gasteiger partial charge in [-0.15, -0.1) is 0 Å². The van der Waals surface area contributed by atoms with Crippen LogP contribution in [0.5, 0.6) is 0 Å². The molecule has 3 amide bonds. The van der Waals surface area contributed by atoms with Gasteiger partial charge in [-0.1, -0.05) is 89.6 Å². The fourth-order valence-electron chi connectivity index (χ4n) is 6.18. The van der Waals surface area contributed by atoms with E-state index in [9.17, 15) is 19.5 Å². The van der Waals surface area contributed by atoms with Crippen molar-refractivity contribution in [2.45, 2.75) is 116 Å². The Bertz CT molecular complexity index is 1120. The smallest absolute Gasteiger partial charge is 0.407 e. The Morgan fingerprint density at radius 3 is 2.36 bits per heavy atom. The number of alkyl carbamates (subject to hydrolysis) is 1. The van der Waals surface area contributed by atoms with Gasteiger partial charge in [-0.25, -0.2) is 9.78 Å². The first-order valence-electron chi connectivity index (χ1n) is 16.4. The third kappa shape index (κ3) is 11.6. The largest absolute Gasteiger partial charge is 0.436 e. The van der Waals surface area contributed by atoms with Crippen LogP contribution in [0.15, 0.2) is 42.9 Å². The number of H-pyrrole nitrogens is 1. The highest BCUT2D eigenvalue weighted by Gasteiger charge is 2.33. The van der Waals surface area contributed by atoms with E-state index in [-0.39, 0.29) is 18.7 Å². The van der Waals surface area contributed by atoms with E-state index in [0.29, 0.717) is 42.8 Å². The van der Waals surface area contributed by atoms with Crippen molar-refractivity contribution >= 4 is 17.9 Å². The summed E-state index contributed by atoms with van der Waals surface area (Å²) >= 11 is 0. The fraction of sp³-hybridized carbons (Fsp3) is 0.647. The number of carbonyl (C=O) groups excluding carboxylic acids is 3. The Kier molecular flexibility index (Phi) is 14.7. The first-order valence-corrected chi connectivity index (χ1v) is 16.4. The summed E-state index contributed by atoms with van der Waals surface area (Å²) in [5.74, 6) is 0.224. The predicted molar refractivity (Wildman–Crippen MR) is 171 cm³/mol. The monoisotopic (exact) mass is 611 g/mol. The van der Waals surface area contributed by atoms with Gasteiger partial charge in [0, 0.05) is 31.3 Å². The van der Waals surface area contributed by atoms with Gasteiger partial charge in [0.15, 0.2) is 6.10 Å². The van der Waals surface area contributed by atoms with Crippen LogP contribution in [0.25, 0.3) is 0 Å². The molecule has 3 rings (SSSR count). The predicted octanol–water partition coefficient (Wildman–Crippen LogP) is 4.68. The maximum Gasteiger partial charge on any atom is 0.407 e. The van der Waals surface area contributed by atoms with Gasteiger partial charge in [0.05, 0.1) is 18.5 Å². The molecule has 244 valence electrons. The van der Waals surface area contributed by atoms with Crippen molar-refractivity contribution in [3.8, 4) is 0 Å². The molecule has 0 bridgehead atoms. The number of ether oxygens (including phenoxy) is 1. The highest BCUT2D eigenvalue weighted by molar-refractivity contribution is 5.90. The van der Waals surface area contributed by atoms with Crippen LogP contribution in [0.3, 0.4) is 0 Å². The number of carbonyl (C=O) groups is 3. The molecule has 0 unspecified atom stereocenters. The number of imidazole rings is 1. The topological polar surface area (TPSA) is 145 Å². The Labute approximate surface area is 262 Å². The van der Waals surface area contributed by atoms with Crippen molar-refractivity contribution in [1.29, 1.82) is 0 Å². The van der Waals surface area contributed by atoms with Gasteiger partial charge in [-0.2, -0.15) is 0 Å². The Morgan fingerprint density at radius 1 is 1.02 bits per heavy atom. The molecule has 10 nitrogen and oxygen atoms in total. The van der Waals surface area contributed by atoms with Gasteiger partial charge in [-0.3, -0.25) is 9.59 Å². The highest BCUT2D eigenvalue weighted by Crippen LogP contribution is 2.30. The molecule has 1 saturated carbocycles. The lowest BCUT2D eigenvalue weighted by molar-refractivity contribution is -0.134. The Morgan fingerprint density at radius 2 is 1.75 bits per heavy atom. The number of hydrogen-bond donors (Lipinski definition) is 5. The molecule has 0 radical (unpaired) electrons. The molecule has 0 spiro atoms. The first-order chi connectivity index (χ1) is 21.2. The maximum absolute atomic E-state index is 14.0. The SMILES string of the molecule is CCNC(=O)O[C@@H](Cc1ccccc1)C(=O)N[C@@H](Cc1cnc[nH]1)C(=O)N[C@@H](CC1CCCCC1)[C@@H](O)C[C@H](CC)C(C)C. The van der Waals surface area contributed by atoms with Crippen LogP contribution in [0, 0.1) is 17.8 Å². The third-order valence-corrected chi connectivity index (χ3v) is 8.85. The summed E-state index contributed by atoms with van der Waals surface area (Å²) in [5, 5.41) is 20.0. The second-order valence-corrected chi connectivity index (χ2v) is 12.5. The number of aromatic nitrogens is 2. The quantitative estimate of drug-likeness (QED) is 0.176. The number of aromatic amines is 1. The highest BCUT2D eigenvalue weighted by atomic mass is 16.6. The van der Waals surface area contributed by atoms with Crippen molar-refractivity contribution < 1.29 is 24.2 Å². The summed E-state index contributed by atoms with van der Waals surface area (Å²) in [5.41, 5.74) is 1.49. The van der Waals surface area contributed by atoms with Gasteiger partial charge in [0.2, 0.25) is 5.91 Å². The molecule has 44 heavy (non-hydrogen) atoms. The minimum absolute atomic E-state index is 0.152. The van der Waals surface area contributed by atoms with Crippen LogP contribution in [0.1, 0.15) is 90.3 Å². The van der Waals surface area contributed by atoms with Crippen LogP contribution in [0.4, 0.5) is 4.79 Å². The van der Waals surface area contributed by atoms with Crippen LogP contribution in [-0.2, 0) is 27.2 Å². The van der Waals surface area contributed by atoms with Gasteiger partial charge >= 0.3 is 6.09 Å². The molecule has 1 fully saturated rings. The van der Waals surface area contributed by atoms with E-state index < -0.39 is 36.3 Å². The number of aliphatic hydroxyl groups excluding tert-OH is 1. The van der Waals surface area contributed by atoms with Crippen LogP contribution < -0.4 is 16.0 Å². The summed E-state index contributed by atoms with van der Waals surface area (Å²) < 4.78 is 5.52. The van der Waals surface area contributed by atoms with Crippen molar-refractivity contribution in [1.82, 2.24) is 25.9 Å². The lowest BCUT2D eigenvalue weighted by Crippen LogP contribution is -2.56. The number of nitrogens with one attached hydrogen (secondary N) is 4. The summed E-state index contributed by atoms with van der Waals surface area (Å²) in [6.45, 7) is 8.58. The van der Waals surface area contributed by atoms with E-state index in [1.54, 1.807) is 13.1 Å². The van der Waals surface area contributed by atoms with Crippen LogP contribution >= 0.6 is 0 Å². The number of nitrogens with zero attached hydrogens (tertiary/aromatic N) is 1. The van der Waals surface area contributed by atoms with Crippen LogP contribution in [-0.4, -0.2) is 63.8 Å². The lowest BCUT2D eigenvalue weighted by Gasteiger charge is -2.33. The Balaban J connectivity index is 1.82. The van der Waals surface area contributed by atoms with Gasteiger partial charge in [0.25, 0.3) is 5.91 Å². The number of benzene rings is 1. The average Bonchev–Trinajstić information content (AvgIpc) is 3.53. The molecule has 1 aliphatic rings. The van der Waals surface area contributed by atoms with Crippen molar-refractivity contribution in [2.75, 3.05) is 6.54 Å². The minimum atomic E-state index is -1.15. The molecular formula is C34H53N5O5. The summed E-state index contributed by atoms with van der Waals surface area (Å²) in [6.07, 6.45) is 8.87. The zero-order valence-electron chi connectivity index (χ0n) is 26.9. The molecule has 1 aliphatic carbocycles. The number of rotatable bonds is 17. The second kappa shape index (κ2) is 18.4. The zero-order valence-corrected chi connectivity index (χ0v) is 26.9. The minimum Gasteiger partial charge on any atom is -0.436 e.